The zero-order chi connectivity index (χ0) is 108. The van der Waals surface area contributed by atoms with E-state index < -0.39 is 208 Å². The number of hydrogen-bond donors (Lipinski definition) is 0. The largest absolute Gasteiger partial charge is 0.493 e. The van der Waals surface area contributed by atoms with Crippen LogP contribution in [-0.2, 0) is 56.8 Å². The molecule has 0 radical (unpaired) electrons. The van der Waals surface area contributed by atoms with E-state index in [1.807, 2.05) is 0 Å². The highest BCUT2D eigenvalue weighted by Crippen LogP contribution is 2.61. The summed E-state index contributed by atoms with van der Waals surface area (Å²) in [4.78, 5) is 144. The second-order valence-electron chi connectivity index (χ2n) is 31.5. The summed E-state index contributed by atoms with van der Waals surface area (Å²) in [6.45, 7) is -2.00. The number of ether oxygens (including phenoxy) is 39. The van der Waals surface area contributed by atoms with Gasteiger partial charge in [-0.2, -0.15) is 0 Å². The van der Waals surface area contributed by atoms with E-state index in [0.29, 0.717) is 0 Å². The molecule has 9 aromatic rings. The minimum Gasteiger partial charge on any atom is -0.493 e. The van der Waals surface area contributed by atoms with E-state index in [9.17, 15) is 0 Å². The molecule has 2 bridgehead atoms. The first kappa shape index (κ1) is 107. The van der Waals surface area contributed by atoms with Crippen LogP contribution in [0.1, 0.15) is 93.2 Å². The molecule has 0 N–H and O–H groups in total. The highest BCUT2D eigenvalue weighted by atomic mass is 16.8. The number of hydrogen-bond acceptors (Lipinski definition) is 48. The number of fused-ring (bicyclic) bond motifs is 12. The lowest BCUT2D eigenvalue weighted by molar-refractivity contribution is -0.291. The number of rotatable bonds is 34. The van der Waals surface area contributed by atoms with E-state index in [1.54, 1.807) is 0 Å². The fourth-order valence-electron chi connectivity index (χ4n) is 17.6. The third-order valence-electron chi connectivity index (χ3n) is 24.2. The fraction of sp³-hybridized carbons (Fsp3) is 0.376. The van der Waals surface area contributed by atoms with Gasteiger partial charge in [0, 0.05) is 41.5 Å². The van der Waals surface area contributed by atoms with Crippen molar-refractivity contribution >= 4 is 53.7 Å². The lowest BCUT2D eigenvalue weighted by Crippen LogP contribution is -2.63. The first-order chi connectivity index (χ1) is 71.9. The van der Waals surface area contributed by atoms with E-state index in [-0.39, 0.29) is 160 Å². The van der Waals surface area contributed by atoms with Crippen molar-refractivity contribution in [3.8, 4) is 189 Å². The van der Waals surface area contributed by atoms with Gasteiger partial charge < -0.3 is 185 Å². The summed E-state index contributed by atoms with van der Waals surface area (Å²) in [5.74, 6) is -20.4. The average Bonchev–Trinajstić information content (AvgIpc) is 1.71. The maximum absolute atomic E-state index is 16.9. The number of cyclic esters (lactones) is 2. The van der Waals surface area contributed by atoms with Crippen molar-refractivity contribution in [3.05, 3.63) is 123 Å². The molecule has 48 nitrogen and oxygen atoms in total. The van der Waals surface area contributed by atoms with Crippen molar-refractivity contribution in [1.82, 2.24) is 0 Å². The number of esters is 9. The summed E-state index contributed by atoms with van der Waals surface area (Å²) in [6, 6.07) is 13.7. The Labute approximate surface area is 849 Å². The van der Waals surface area contributed by atoms with Crippen molar-refractivity contribution < 1.29 is 228 Å². The molecule has 10 atom stereocenters. The van der Waals surface area contributed by atoms with E-state index in [2.05, 4.69) is 0 Å². The third kappa shape index (κ3) is 19.6. The van der Waals surface area contributed by atoms with E-state index in [0.717, 1.165) is 58.8 Å². The van der Waals surface area contributed by atoms with Crippen molar-refractivity contribution in [2.45, 2.75) is 61.4 Å². The zero-order valence-electron chi connectivity index (χ0n) is 85.2. The molecule has 2 fully saturated rings. The summed E-state index contributed by atoms with van der Waals surface area (Å²) in [6.07, 6.45) is -22.2. The van der Waals surface area contributed by atoms with Gasteiger partial charge in [0.05, 0.1) is 217 Å². The maximum atomic E-state index is 16.9. The molecular formula is C101H104O48. The second kappa shape index (κ2) is 46.0. The highest BCUT2D eigenvalue weighted by molar-refractivity contribution is 6.11. The van der Waals surface area contributed by atoms with Gasteiger partial charge in [0.2, 0.25) is 75.6 Å². The van der Waals surface area contributed by atoms with Crippen molar-refractivity contribution in [2.75, 3.05) is 198 Å². The van der Waals surface area contributed by atoms with E-state index >= 15 is 43.2 Å². The molecule has 0 aromatic heterocycles. The van der Waals surface area contributed by atoms with Crippen molar-refractivity contribution in [1.29, 1.82) is 0 Å². The van der Waals surface area contributed by atoms with Gasteiger partial charge in [0.25, 0.3) is 0 Å². The topological polar surface area (TPSA) is 514 Å². The van der Waals surface area contributed by atoms with Crippen LogP contribution in [0.25, 0.3) is 22.3 Å². The van der Waals surface area contributed by atoms with Crippen LogP contribution < -0.4 is 128 Å². The van der Waals surface area contributed by atoms with Crippen LogP contribution in [0.2, 0.25) is 0 Å². The summed E-state index contributed by atoms with van der Waals surface area (Å²) in [7, 11) is 31.7. The minimum absolute atomic E-state index is 0.0151. The lowest BCUT2D eigenvalue weighted by atomic mass is 9.91. The molecule has 0 amide bonds. The first-order valence-electron chi connectivity index (χ1n) is 44.3. The SMILES string of the molecule is COc1cc(C(=O)O[C@@H]2[C@@H](OC(=O)c3cc(OC)c(OC)c(OC)c3Oc3cc4c(c(OC)c3OC)Oc3cc(cc(OC)c3OC)C(=O)O[C@@H]3O[C@@H]5COC(=O)c6cc(OC)c(OC)c(OC)c6-c6c(cc(OC)c(OC)c6OC)C(=O)O[C@H]5[C@H](OC(=O)c5cc(OC)c(OC)c(OC)c5)[C@H]3OC4=O)[C@H](OC)O[C@@H]3COC(=O)c4cc(OC)c(OC)c(OC)c4-c4c(cc(OC)c(OC)c4OC)C(=O)O[C@@H]23)cc(OC)c1OC. The van der Waals surface area contributed by atoms with Crippen molar-refractivity contribution in [2.24, 2.45) is 0 Å². The smallest absolute Gasteiger partial charge is 0.342 e. The summed E-state index contributed by atoms with van der Waals surface area (Å²) < 4.78 is 238. The first-order valence-corrected chi connectivity index (χ1v) is 44.3. The third-order valence-corrected chi connectivity index (χ3v) is 24.2. The van der Waals surface area contributed by atoms with Crippen LogP contribution in [0.15, 0.2) is 72.8 Å². The van der Waals surface area contributed by atoms with Gasteiger partial charge in [-0.1, -0.05) is 0 Å². The predicted molar refractivity (Wildman–Crippen MR) is 505 cm³/mol. The molecule has 2 saturated heterocycles. The molecule has 9 aromatic carbocycles. The number of methoxy groups -OCH3 is 26. The minimum atomic E-state index is -2.50. The van der Waals surface area contributed by atoms with Gasteiger partial charge in [-0.05, 0) is 60.7 Å². The van der Waals surface area contributed by atoms with Gasteiger partial charge in [0.15, 0.2) is 140 Å². The van der Waals surface area contributed by atoms with Crippen molar-refractivity contribution in [3.63, 3.8) is 0 Å². The molecule has 0 spiro atoms. The Kier molecular flexibility index (Phi) is 33.1. The monoisotopic (exact) mass is 2080 g/mol. The van der Waals surface area contributed by atoms with Crippen LogP contribution in [0.3, 0.4) is 0 Å². The molecule has 48 heteroatoms. The maximum Gasteiger partial charge on any atom is 0.342 e. The lowest BCUT2D eigenvalue weighted by Gasteiger charge is -2.44. The van der Waals surface area contributed by atoms with Crippen LogP contribution in [0.5, 0.6) is 167 Å². The molecule has 5 aliphatic rings. The number of benzene rings is 9. The molecule has 0 aliphatic carbocycles. The summed E-state index contributed by atoms with van der Waals surface area (Å²) in [5, 5.41) is 0. The number of carbonyl (C=O) groups excluding carboxylic acids is 9. The molecule has 5 aliphatic heterocycles. The van der Waals surface area contributed by atoms with Gasteiger partial charge in [-0.15, -0.1) is 0 Å². The Morgan fingerprint density at radius 2 is 0.570 bits per heavy atom. The molecular weight excluding hydrogens is 1980 g/mol. The second-order valence-corrected chi connectivity index (χ2v) is 31.5. The highest BCUT2D eigenvalue weighted by Gasteiger charge is 2.58. The van der Waals surface area contributed by atoms with Gasteiger partial charge in [0.1, 0.15) is 36.5 Å². The standard InChI is InChI=1S/C101H104O48/c1-111-50-27-41(28-51(112-2)70(50)121-11)91(102)145-87-79-62(39-137-94(105)44-33-55(116-6)73(124-14)81(130-20)64(44)66-46(96(107)143-79)35-57(118-8)75(126-16)83(66)132-22)141-100(136-26)89(87)147-98(109)48-37-59(120-10)77(128-18)85(134-24)68(48)140-61-38-49-69(86(135-25)78(61)129-19)139-60-32-43(31-54(115-5)72(60)123-13)93(104)149-101-90(148-99(49)110)88(146-92(103)42-29-52(113-3)71(122-12)53(30-42)114-4)80-63(142-101)40-138-95(106)45-34-56(117-7)74(125-15)82(131-21)65(45)67-47(97(108)144-80)36-58(119-9)76(127-17)84(67)133-23/h27-38,62-63,79-80,87-90,100-101H,39-40H2,1-26H3/t62-,63-,79-,80-,87+,88+,89-,90-,100-,101+/m1/s1. The molecule has 149 heavy (non-hydrogen) atoms. The van der Waals surface area contributed by atoms with Crippen LogP contribution >= 0.6 is 0 Å². The van der Waals surface area contributed by atoms with Crippen LogP contribution in [-0.4, -0.2) is 313 Å². The van der Waals surface area contributed by atoms with Gasteiger partial charge in [-0.3, -0.25) is 0 Å². The molecule has 0 unspecified atom stereocenters. The Hall–Kier alpha value is -17.3. The Morgan fingerprint density at radius 1 is 0.255 bits per heavy atom. The quantitative estimate of drug-likeness (QED) is 0.0267. The zero-order valence-corrected chi connectivity index (χ0v) is 85.2. The molecule has 796 valence electrons. The summed E-state index contributed by atoms with van der Waals surface area (Å²) in [5.41, 5.74) is -5.68. The van der Waals surface area contributed by atoms with E-state index in [1.165, 1.54) is 199 Å². The van der Waals surface area contributed by atoms with E-state index in [4.69, 9.17) is 185 Å². The number of carbonyl (C=O) groups is 9. The van der Waals surface area contributed by atoms with Crippen LogP contribution in [0.4, 0.5) is 0 Å². The average molecular weight is 2090 g/mol. The fourth-order valence-corrected chi connectivity index (χ4v) is 17.6. The normalized spacial score (nSPS) is 18.5. The summed E-state index contributed by atoms with van der Waals surface area (Å²) >= 11 is 0. The van der Waals surface area contributed by atoms with Crippen LogP contribution in [0, 0.1) is 0 Å². The predicted octanol–water partition coefficient (Wildman–Crippen LogP) is 11.4. The molecule has 14 rings (SSSR count). The van der Waals surface area contributed by atoms with Gasteiger partial charge in [-0.25, -0.2) is 43.2 Å². The molecule has 0 saturated carbocycles. The Bertz CT molecular complexity index is 6630. The van der Waals surface area contributed by atoms with Gasteiger partial charge >= 0.3 is 53.7 Å². The molecule has 5 heterocycles. The Balaban J connectivity index is 0.972. The Morgan fingerprint density at radius 3 is 0.953 bits per heavy atom.